The fourth-order valence-corrected chi connectivity index (χ4v) is 2.12. The molecule has 19 heavy (non-hydrogen) atoms. The Morgan fingerprint density at radius 3 is 2.53 bits per heavy atom. The van der Waals surface area contributed by atoms with Crippen molar-refractivity contribution in [3.05, 3.63) is 65.5 Å². The van der Waals surface area contributed by atoms with Crippen LogP contribution in [-0.2, 0) is 0 Å². The third kappa shape index (κ3) is 2.43. The van der Waals surface area contributed by atoms with Crippen molar-refractivity contribution >= 4 is 22.7 Å². The van der Waals surface area contributed by atoms with E-state index in [0.29, 0.717) is 0 Å². The third-order valence-corrected chi connectivity index (χ3v) is 3.22. The summed E-state index contributed by atoms with van der Waals surface area (Å²) in [7, 11) is 0. The number of nitrogens with one attached hydrogen (secondary N) is 1. The molecule has 2 aromatic carbocycles. The van der Waals surface area contributed by atoms with Crippen LogP contribution < -0.4 is 0 Å². The number of imidazole rings is 1. The third-order valence-electron chi connectivity index (χ3n) is 3.22. The van der Waals surface area contributed by atoms with Crippen LogP contribution in [0.3, 0.4) is 0 Å². The maximum Gasteiger partial charge on any atom is 0.134 e. The maximum absolute atomic E-state index is 4.60. The molecule has 0 aliphatic carbocycles. The van der Waals surface area contributed by atoms with E-state index in [0.717, 1.165) is 22.4 Å². The number of benzene rings is 2. The van der Waals surface area contributed by atoms with E-state index >= 15 is 0 Å². The zero-order valence-corrected chi connectivity index (χ0v) is 11.1. The van der Waals surface area contributed by atoms with E-state index in [2.05, 4.69) is 54.2 Å². The van der Waals surface area contributed by atoms with Gasteiger partial charge < -0.3 is 4.98 Å². The minimum atomic E-state index is 0.932. The summed E-state index contributed by atoms with van der Waals surface area (Å²) >= 11 is 0. The van der Waals surface area contributed by atoms with Gasteiger partial charge in [0.05, 0.1) is 11.0 Å². The molecular formula is C17H16N2. The predicted molar refractivity (Wildman–Crippen MR) is 80.8 cm³/mol. The Labute approximate surface area is 112 Å². The molecule has 0 aliphatic rings. The molecule has 3 aromatic rings. The first-order valence-electron chi connectivity index (χ1n) is 6.42. The number of H-pyrrole nitrogens is 1. The molecule has 94 valence electrons. The number of aromatic nitrogens is 2. The van der Waals surface area contributed by atoms with Crippen LogP contribution in [-0.4, -0.2) is 9.97 Å². The van der Waals surface area contributed by atoms with Gasteiger partial charge in [0.2, 0.25) is 0 Å². The lowest BCUT2D eigenvalue weighted by molar-refractivity contribution is 1.26. The van der Waals surface area contributed by atoms with Gasteiger partial charge in [-0.3, -0.25) is 0 Å². The highest BCUT2D eigenvalue weighted by Crippen LogP contribution is 2.19. The topological polar surface area (TPSA) is 28.7 Å². The molecule has 3 rings (SSSR count). The second-order valence-electron chi connectivity index (χ2n) is 4.84. The van der Waals surface area contributed by atoms with Gasteiger partial charge in [-0.25, -0.2) is 4.98 Å². The van der Waals surface area contributed by atoms with Crippen molar-refractivity contribution in [1.29, 1.82) is 0 Å². The Balaban J connectivity index is 1.98. The number of rotatable bonds is 2. The molecule has 0 amide bonds. The summed E-state index contributed by atoms with van der Waals surface area (Å²) < 4.78 is 0. The molecule has 0 saturated heterocycles. The average Bonchev–Trinajstić information content (AvgIpc) is 2.85. The molecule has 0 unspecified atom stereocenters. The number of fused-ring (bicyclic) bond motifs is 1. The number of aryl methyl sites for hydroxylation is 1. The van der Waals surface area contributed by atoms with Gasteiger partial charge in [-0.05, 0) is 43.2 Å². The zero-order valence-electron chi connectivity index (χ0n) is 11.1. The van der Waals surface area contributed by atoms with Crippen LogP contribution >= 0.6 is 0 Å². The number of aromatic amines is 1. The summed E-state index contributed by atoms with van der Waals surface area (Å²) in [6.45, 7) is 4.18. The molecule has 2 nitrogen and oxygen atoms in total. The molecule has 1 heterocycles. The predicted octanol–water partition coefficient (Wildman–Crippen LogP) is 4.43. The first-order chi connectivity index (χ1) is 9.22. The van der Waals surface area contributed by atoms with Crippen LogP contribution in [0.5, 0.6) is 0 Å². The number of allylic oxidation sites excluding steroid dienone is 1. The highest BCUT2D eigenvalue weighted by molar-refractivity contribution is 5.83. The van der Waals surface area contributed by atoms with Gasteiger partial charge in [0.25, 0.3) is 0 Å². The van der Waals surface area contributed by atoms with Crippen LogP contribution in [0.25, 0.3) is 22.7 Å². The normalized spacial score (nSPS) is 12.0. The van der Waals surface area contributed by atoms with Gasteiger partial charge in [-0.1, -0.05) is 42.0 Å². The Kier molecular flexibility index (Phi) is 2.92. The number of hydrogen-bond donors (Lipinski definition) is 1. The smallest absolute Gasteiger partial charge is 0.134 e. The quantitative estimate of drug-likeness (QED) is 0.714. The second-order valence-corrected chi connectivity index (χ2v) is 4.84. The molecule has 0 radical (unpaired) electrons. The van der Waals surface area contributed by atoms with E-state index < -0.39 is 0 Å². The Hall–Kier alpha value is -2.35. The second kappa shape index (κ2) is 4.73. The van der Waals surface area contributed by atoms with E-state index in [1.165, 1.54) is 11.1 Å². The van der Waals surface area contributed by atoms with E-state index in [9.17, 15) is 0 Å². The standard InChI is InChI=1S/C17H16N2/c1-12-7-9-14(10-8-12)11-13(2)17-18-15-5-3-4-6-16(15)19-17/h3-11H,1-2H3,(H,18,19)/b13-11+. The van der Waals surface area contributed by atoms with Crippen molar-refractivity contribution in [1.82, 2.24) is 9.97 Å². The van der Waals surface area contributed by atoms with Gasteiger partial charge in [-0.15, -0.1) is 0 Å². The van der Waals surface area contributed by atoms with Crippen LogP contribution in [0.2, 0.25) is 0 Å². The molecule has 0 atom stereocenters. The number of para-hydroxylation sites is 2. The van der Waals surface area contributed by atoms with Crippen molar-refractivity contribution in [2.45, 2.75) is 13.8 Å². The summed E-state index contributed by atoms with van der Waals surface area (Å²) in [6.07, 6.45) is 2.15. The fourth-order valence-electron chi connectivity index (χ4n) is 2.12. The lowest BCUT2D eigenvalue weighted by Gasteiger charge is -1.98. The van der Waals surface area contributed by atoms with Crippen LogP contribution in [0.1, 0.15) is 23.9 Å². The molecule has 2 heteroatoms. The summed E-state index contributed by atoms with van der Waals surface area (Å²) in [5.41, 5.74) is 5.70. The molecule has 0 fully saturated rings. The highest BCUT2D eigenvalue weighted by atomic mass is 14.9. The van der Waals surface area contributed by atoms with E-state index in [-0.39, 0.29) is 0 Å². The van der Waals surface area contributed by atoms with E-state index in [1.807, 2.05) is 24.3 Å². The minimum absolute atomic E-state index is 0.932. The van der Waals surface area contributed by atoms with Crippen LogP contribution in [0, 0.1) is 6.92 Å². The monoisotopic (exact) mass is 248 g/mol. The SMILES string of the molecule is C/C(=C\c1ccc(C)cc1)c1nc2ccccc2[nH]1. The lowest BCUT2D eigenvalue weighted by atomic mass is 10.1. The summed E-state index contributed by atoms with van der Waals surface area (Å²) in [4.78, 5) is 7.95. The molecule has 1 aromatic heterocycles. The Morgan fingerprint density at radius 1 is 1.05 bits per heavy atom. The van der Waals surface area contributed by atoms with Crippen LogP contribution in [0.15, 0.2) is 48.5 Å². The van der Waals surface area contributed by atoms with Crippen molar-refractivity contribution in [2.75, 3.05) is 0 Å². The Morgan fingerprint density at radius 2 is 1.79 bits per heavy atom. The molecule has 1 N–H and O–H groups in total. The van der Waals surface area contributed by atoms with Gasteiger partial charge in [0.1, 0.15) is 5.82 Å². The van der Waals surface area contributed by atoms with Gasteiger partial charge in [-0.2, -0.15) is 0 Å². The maximum atomic E-state index is 4.60. The number of hydrogen-bond acceptors (Lipinski definition) is 1. The van der Waals surface area contributed by atoms with E-state index in [4.69, 9.17) is 0 Å². The van der Waals surface area contributed by atoms with Gasteiger partial charge in [0, 0.05) is 0 Å². The summed E-state index contributed by atoms with van der Waals surface area (Å²) in [5, 5.41) is 0. The number of nitrogens with zero attached hydrogens (tertiary/aromatic N) is 1. The van der Waals surface area contributed by atoms with Crippen LogP contribution in [0.4, 0.5) is 0 Å². The molecule has 0 saturated carbocycles. The van der Waals surface area contributed by atoms with Crippen molar-refractivity contribution in [3.63, 3.8) is 0 Å². The zero-order chi connectivity index (χ0) is 13.2. The fraction of sp³-hybridized carbons (Fsp3) is 0.118. The first kappa shape index (κ1) is 11.7. The molecule has 0 bridgehead atoms. The van der Waals surface area contributed by atoms with Gasteiger partial charge >= 0.3 is 0 Å². The molecule has 0 spiro atoms. The summed E-state index contributed by atoms with van der Waals surface area (Å²) in [5.74, 6) is 0.932. The van der Waals surface area contributed by atoms with Crippen molar-refractivity contribution in [3.8, 4) is 0 Å². The van der Waals surface area contributed by atoms with Gasteiger partial charge in [0.15, 0.2) is 0 Å². The van der Waals surface area contributed by atoms with Crippen molar-refractivity contribution < 1.29 is 0 Å². The summed E-state index contributed by atoms with van der Waals surface area (Å²) in [6, 6.07) is 16.6. The largest absolute Gasteiger partial charge is 0.338 e. The molecule has 0 aliphatic heterocycles. The average molecular weight is 248 g/mol. The minimum Gasteiger partial charge on any atom is -0.338 e. The first-order valence-corrected chi connectivity index (χ1v) is 6.42. The Bertz CT molecular complexity index is 700. The van der Waals surface area contributed by atoms with E-state index in [1.54, 1.807) is 0 Å². The highest BCUT2D eigenvalue weighted by Gasteiger charge is 2.03. The lowest BCUT2D eigenvalue weighted by Crippen LogP contribution is -1.83. The molecular weight excluding hydrogens is 232 g/mol. The van der Waals surface area contributed by atoms with Crippen molar-refractivity contribution in [2.24, 2.45) is 0 Å².